The largest absolute Gasteiger partial charge is 0.496 e. The molecule has 35 heavy (non-hydrogen) atoms. The second-order valence-corrected chi connectivity index (χ2v) is 9.14. The standard InChI is InChI=1S/C25H21BrN4O5/c1-14-24(13-29)22(30)35-25(14,15-5-7-16(26)8-6-15)34-21(23(24,11-27)12-28)20-18(32-3)9-17(31-2)10-19(20)33-4/h5-10,14,21,30H,1-4H3. The van der Waals surface area contributed by atoms with Crippen LogP contribution in [-0.4, -0.2) is 27.2 Å². The predicted molar refractivity (Wildman–Crippen MR) is 125 cm³/mol. The van der Waals surface area contributed by atoms with Crippen LogP contribution >= 0.6 is 15.9 Å². The van der Waals surface area contributed by atoms with Crippen LogP contribution in [0, 0.1) is 56.2 Å². The van der Waals surface area contributed by atoms with E-state index in [9.17, 15) is 15.8 Å². The Balaban J connectivity index is 2.10. The zero-order valence-electron chi connectivity index (χ0n) is 19.4. The number of hydrogen-bond acceptors (Lipinski definition) is 9. The summed E-state index contributed by atoms with van der Waals surface area (Å²) >= 11 is 3.40. The predicted octanol–water partition coefficient (Wildman–Crippen LogP) is 4.59. The Morgan fingerprint density at radius 2 is 1.51 bits per heavy atom. The molecule has 1 N–H and O–H groups in total. The van der Waals surface area contributed by atoms with Crippen LogP contribution in [0.5, 0.6) is 17.2 Å². The molecule has 0 spiro atoms. The van der Waals surface area contributed by atoms with Gasteiger partial charge in [0.25, 0.3) is 0 Å². The Kier molecular flexibility index (Phi) is 5.89. The van der Waals surface area contributed by atoms with Crippen LogP contribution in [0.1, 0.15) is 24.2 Å². The maximum absolute atomic E-state index is 10.5. The van der Waals surface area contributed by atoms with Gasteiger partial charge in [-0.25, -0.2) is 0 Å². The summed E-state index contributed by atoms with van der Waals surface area (Å²) in [7, 11) is 4.31. The van der Waals surface area contributed by atoms with Gasteiger partial charge in [0, 0.05) is 22.2 Å². The van der Waals surface area contributed by atoms with Crippen LogP contribution in [0.2, 0.25) is 0 Å². The van der Waals surface area contributed by atoms with E-state index in [1.165, 1.54) is 21.3 Å². The molecule has 4 rings (SSSR count). The third-order valence-electron chi connectivity index (χ3n) is 6.93. The summed E-state index contributed by atoms with van der Waals surface area (Å²) in [5.74, 6) is -2.17. The first-order chi connectivity index (χ1) is 16.7. The molecule has 178 valence electrons. The lowest BCUT2D eigenvalue weighted by Gasteiger charge is -2.49. The van der Waals surface area contributed by atoms with Crippen molar-refractivity contribution in [1.82, 2.24) is 0 Å². The van der Waals surface area contributed by atoms with Crippen molar-refractivity contribution in [2.75, 3.05) is 21.3 Å². The lowest BCUT2D eigenvalue weighted by atomic mass is 9.53. The van der Waals surface area contributed by atoms with E-state index < -0.39 is 34.5 Å². The SMILES string of the molecule is COc1cc(OC)c(C2OC3(c4ccc(Br)cc4)OC(=N)C(C#N)(C3C)C2(C#N)C#N)c(OC)c1. The molecule has 0 aliphatic carbocycles. The van der Waals surface area contributed by atoms with E-state index in [4.69, 9.17) is 29.1 Å². The van der Waals surface area contributed by atoms with Crippen LogP contribution in [0.4, 0.5) is 0 Å². The number of hydrogen-bond donors (Lipinski definition) is 1. The van der Waals surface area contributed by atoms with Crippen molar-refractivity contribution in [3.63, 3.8) is 0 Å². The molecule has 4 atom stereocenters. The van der Waals surface area contributed by atoms with Gasteiger partial charge in [-0.1, -0.05) is 35.0 Å². The van der Waals surface area contributed by atoms with Crippen molar-refractivity contribution >= 4 is 21.8 Å². The molecular weight excluding hydrogens is 516 g/mol. The van der Waals surface area contributed by atoms with Gasteiger partial charge in [-0.2, -0.15) is 15.8 Å². The van der Waals surface area contributed by atoms with Gasteiger partial charge in [-0.15, -0.1) is 0 Å². The third-order valence-corrected chi connectivity index (χ3v) is 7.46. The monoisotopic (exact) mass is 536 g/mol. The molecule has 2 aromatic rings. The van der Waals surface area contributed by atoms with E-state index in [0.29, 0.717) is 11.3 Å². The fourth-order valence-electron chi connectivity index (χ4n) is 5.10. The maximum Gasteiger partial charge on any atom is 0.244 e. The van der Waals surface area contributed by atoms with Gasteiger partial charge in [-0.05, 0) is 12.1 Å². The van der Waals surface area contributed by atoms with Gasteiger partial charge in [0.2, 0.25) is 17.1 Å². The average molecular weight is 537 g/mol. The highest BCUT2D eigenvalue weighted by molar-refractivity contribution is 9.10. The molecule has 2 bridgehead atoms. The quantitative estimate of drug-likeness (QED) is 0.584. The highest BCUT2D eigenvalue weighted by atomic mass is 79.9. The number of nitriles is 3. The number of rotatable bonds is 5. The van der Waals surface area contributed by atoms with E-state index in [2.05, 4.69) is 22.0 Å². The molecule has 2 heterocycles. The minimum Gasteiger partial charge on any atom is -0.496 e. The lowest BCUT2D eigenvalue weighted by Crippen LogP contribution is -2.57. The van der Waals surface area contributed by atoms with Gasteiger partial charge < -0.3 is 23.7 Å². The molecule has 0 aromatic heterocycles. The number of nitrogens with zero attached hydrogens (tertiary/aromatic N) is 3. The topological polar surface area (TPSA) is 141 Å². The average Bonchev–Trinajstić information content (AvgIpc) is 3.04. The van der Waals surface area contributed by atoms with Crippen molar-refractivity contribution in [1.29, 1.82) is 21.2 Å². The van der Waals surface area contributed by atoms with Gasteiger partial charge in [0.1, 0.15) is 23.4 Å². The van der Waals surface area contributed by atoms with E-state index in [0.717, 1.165) is 4.47 Å². The second kappa shape index (κ2) is 8.46. The minimum atomic E-state index is -2.18. The zero-order chi connectivity index (χ0) is 25.6. The molecule has 2 aromatic carbocycles. The Morgan fingerprint density at radius 1 is 0.943 bits per heavy atom. The number of methoxy groups -OCH3 is 3. The molecule has 2 aliphatic heterocycles. The first kappa shape index (κ1) is 24.3. The number of nitrogens with one attached hydrogen (secondary N) is 1. The summed E-state index contributed by atoms with van der Waals surface area (Å²) in [6.07, 6.45) is -1.39. The number of benzene rings is 2. The number of ether oxygens (including phenoxy) is 5. The van der Waals surface area contributed by atoms with Crippen LogP contribution in [0.25, 0.3) is 0 Å². The second-order valence-electron chi connectivity index (χ2n) is 8.22. The van der Waals surface area contributed by atoms with Crippen LogP contribution in [0.15, 0.2) is 40.9 Å². The Labute approximate surface area is 211 Å². The van der Waals surface area contributed by atoms with E-state index in [1.54, 1.807) is 43.3 Å². The van der Waals surface area contributed by atoms with Gasteiger partial charge in [0.15, 0.2) is 5.41 Å². The summed E-state index contributed by atoms with van der Waals surface area (Å²) in [6, 6.07) is 16.3. The Morgan fingerprint density at radius 3 is 1.97 bits per heavy atom. The molecule has 0 saturated carbocycles. The summed E-state index contributed by atoms with van der Waals surface area (Å²) < 4.78 is 29.9. The molecule has 10 heteroatoms. The Hall–Kier alpha value is -3.78. The lowest BCUT2D eigenvalue weighted by molar-refractivity contribution is -0.289. The summed E-state index contributed by atoms with van der Waals surface area (Å²) in [6.45, 7) is 1.65. The molecule has 0 radical (unpaired) electrons. The molecule has 0 amide bonds. The van der Waals surface area contributed by atoms with Crippen LogP contribution in [0.3, 0.4) is 0 Å². The molecular formula is C25H21BrN4O5. The summed E-state index contributed by atoms with van der Waals surface area (Å²) in [5, 5.41) is 40.2. The van der Waals surface area contributed by atoms with E-state index in [-0.39, 0.29) is 17.1 Å². The normalized spacial score (nSPS) is 28.1. The van der Waals surface area contributed by atoms with E-state index >= 15 is 0 Å². The smallest absolute Gasteiger partial charge is 0.244 e. The highest BCUT2D eigenvalue weighted by Crippen LogP contribution is 2.70. The van der Waals surface area contributed by atoms with Crippen LogP contribution in [-0.2, 0) is 15.3 Å². The number of fused-ring (bicyclic) bond motifs is 2. The minimum absolute atomic E-state index is 0.223. The van der Waals surface area contributed by atoms with Crippen molar-refractivity contribution in [2.24, 2.45) is 16.7 Å². The fraction of sp³-hybridized carbons (Fsp3) is 0.360. The number of halogens is 1. The van der Waals surface area contributed by atoms with Crippen molar-refractivity contribution in [2.45, 2.75) is 18.8 Å². The van der Waals surface area contributed by atoms with E-state index in [1.807, 2.05) is 12.1 Å². The summed E-state index contributed by atoms with van der Waals surface area (Å²) in [4.78, 5) is 0. The molecule has 9 nitrogen and oxygen atoms in total. The first-order valence-corrected chi connectivity index (χ1v) is 11.3. The van der Waals surface area contributed by atoms with Crippen molar-refractivity contribution < 1.29 is 23.7 Å². The summed E-state index contributed by atoms with van der Waals surface area (Å²) in [5.41, 5.74) is -3.38. The Bertz CT molecular complexity index is 1290. The van der Waals surface area contributed by atoms with Gasteiger partial charge in [0.05, 0.1) is 51.0 Å². The van der Waals surface area contributed by atoms with Gasteiger partial charge in [-0.3, -0.25) is 5.41 Å². The maximum atomic E-state index is 10.5. The molecule has 4 unspecified atom stereocenters. The first-order valence-electron chi connectivity index (χ1n) is 10.5. The highest BCUT2D eigenvalue weighted by Gasteiger charge is 2.80. The van der Waals surface area contributed by atoms with Crippen LogP contribution < -0.4 is 14.2 Å². The van der Waals surface area contributed by atoms with Crippen molar-refractivity contribution in [3.05, 3.63) is 52.0 Å². The zero-order valence-corrected chi connectivity index (χ0v) is 21.0. The van der Waals surface area contributed by atoms with Gasteiger partial charge >= 0.3 is 0 Å². The molecule has 2 saturated heterocycles. The fourth-order valence-corrected chi connectivity index (χ4v) is 5.36. The molecule has 2 aliphatic rings. The van der Waals surface area contributed by atoms with Crippen molar-refractivity contribution in [3.8, 4) is 35.5 Å². The third kappa shape index (κ3) is 2.96. The molecule has 2 fully saturated rings.